The van der Waals surface area contributed by atoms with Gasteiger partial charge in [-0.1, -0.05) is 12.7 Å². The van der Waals surface area contributed by atoms with Gasteiger partial charge in [-0.2, -0.15) is 0 Å². The average Bonchev–Trinajstić information content (AvgIpc) is 1.83. The van der Waals surface area contributed by atoms with Crippen LogP contribution in [-0.2, 0) is 0 Å². The Hall–Kier alpha value is -0.670. The third kappa shape index (κ3) is 3.52. The fourth-order valence-corrected chi connectivity index (χ4v) is 0.230. The van der Waals surface area contributed by atoms with Crippen LogP contribution in [-0.4, -0.2) is 24.1 Å². The van der Waals surface area contributed by atoms with Crippen molar-refractivity contribution in [2.45, 2.75) is 6.17 Å². The van der Waals surface area contributed by atoms with E-state index in [1.165, 1.54) is 12.3 Å². The molecule has 3 nitrogen and oxygen atoms in total. The SMILES string of the molecule is C=CC(N)N=CCO. The van der Waals surface area contributed by atoms with Crippen molar-refractivity contribution in [2.24, 2.45) is 10.7 Å². The second kappa shape index (κ2) is 4.49. The molecule has 0 aromatic rings. The summed E-state index contributed by atoms with van der Waals surface area (Å²) in [4.78, 5) is 3.65. The van der Waals surface area contributed by atoms with Crippen molar-refractivity contribution in [3.8, 4) is 0 Å². The molecule has 0 fully saturated rings. The third-order valence-corrected chi connectivity index (χ3v) is 0.601. The minimum atomic E-state index is -0.373. The summed E-state index contributed by atoms with van der Waals surface area (Å²) in [6.45, 7) is 3.33. The van der Waals surface area contributed by atoms with Crippen LogP contribution in [0.4, 0.5) is 0 Å². The Morgan fingerprint density at radius 1 is 1.88 bits per heavy atom. The molecule has 0 aliphatic carbocycles. The lowest BCUT2D eigenvalue weighted by atomic mass is 10.5. The molecule has 46 valence electrons. The van der Waals surface area contributed by atoms with Crippen LogP contribution in [0.25, 0.3) is 0 Å². The number of hydrogen-bond donors (Lipinski definition) is 2. The van der Waals surface area contributed by atoms with Crippen molar-refractivity contribution in [3.63, 3.8) is 0 Å². The first-order valence-corrected chi connectivity index (χ1v) is 2.32. The summed E-state index contributed by atoms with van der Waals surface area (Å²) in [5.74, 6) is 0. The van der Waals surface area contributed by atoms with E-state index >= 15 is 0 Å². The molecule has 0 saturated carbocycles. The zero-order valence-corrected chi connectivity index (χ0v) is 4.62. The van der Waals surface area contributed by atoms with Crippen LogP contribution in [0.15, 0.2) is 17.6 Å². The lowest BCUT2D eigenvalue weighted by Crippen LogP contribution is -2.13. The largest absolute Gasteiger partial charge is 0.391 e. The lowest BCUT2D eigenvalue weighted by Gasteiger charge is -1.93. The normalized spacial score (nSPS) is 14.2. The van der Waals surface area contributed by atoms with E-state index in [1.807, 2.05) is 0 Å². The number of aliphatic imine (C=N–C) groups is 1. The van der Waals surface area contributed by atoms with E-state index in [0.717, 1.165) is 0 Å². The number of aliphatic hydroxyl groups excluding tert-OH is 1. The highest BCUT2D eigenvalue weighted by Gasteiger charge is 1.83. The Labute approximate surface area is 48.5 Å². The molecule has 0 heterocycles. The van der Waals surface area contributed by atoms with Crippen LogP contribution in [0.3, 0.4) is 0 Å². The number of nitrogens with zero attached hydrogens (tertiary/aromatic N) is 1. The van der Waals surface area contributed by atoms with Crippen molar-refractivity contribution >= 4 is 6.21 Å². The number of rotatable bonds is 3. The average molecular weight is 114 g/mol. The summed E-state index contributed by atoms with van der Waals surface area (Å²) in [6.07, 6.45) is 2.46. The molecule has 0 aliphatic heterocycles. The number of hydrogen-bond acceptors (Lipinski definition) is 3. The summed E-state index contributed by atoms with van der Waals surface area (Å²) in [7, 11) is 0. The van der Waals surface area contributed by atoms with Gasteiger partial charge < -0.3 is 10.8 Å². The molecule has 0 saturated heterocycles. The number of aliphatic hydroxyl groups is 1. The smallest absolute Gasteiger partial charge is 0.115 e. The zero-order chi connectivity index (χ0) is 6.41. The van der Waals surface area contributed by atoms with Crippen LogP contribution in [0.5, 0.6) is 0 Å². The molecule has 0 aromatic heterocycles. The van der Waals surface area contributed by atoms with Crippen molar-refractivity contribution in [1.82, 2.24) is 0 Å². The highest BCUT2D eigenvalue weighted by Crippen LogP contribution is 1.76. The minimum absolute atomic E-state index is 0.0679. The third-order valence-electron chi connectivity index (χ3n) is 0.601. The van der Waals surface area contributed by atoms with Crippen LogP contribution < -0.4 is 5.73 Å². The van der Waals surface area contributed by atoms with E-state index in [9.17, 15) is 0 Å². The molecular weight excluding hydrogens is 104 g/mol. The van der Waals surface area contributed by atoms with Gasteiger partial charge in [-0.3, -0.25) is 4.99 Å². The van der Waals surface area contributed by atoms with Crippen molar-refractivity contribution in [1.29, 1.82) is 0 Å². The molecule has 1 atom stereocenters. The molecule has 1 unspecified atom stereocenters. The fraction of sp³-hybridized carbons (Fsp3) is 0.400. The molecule has 3 heteroatoms. The Bertz CT molecular complexity index is 90.4. The standard InChI is InChI=1S/C5H10N2O/c1-2-5(6)7-3-4-8/h2-3,5,8H,1,4,6H2. The molecule has 0 spiro atoms. The molecular formula is C5H10N2O. The van der Waals surface area contributed by atoms with Crippen molar-refractivity contribution in [3.05, 3.63) is 12.7 Å². The Kier molecular flexibility index (Phi) is 4.11. The van der Waals surface area contributed by atoms with Gasteiger partial charge in [0.05, 0.1) is 6.61 Å². The topological polar surface area (TPSA) is 58.6 Å². The van der Waals surface area contributed by atoms with E-state index in [2.05, 4.69) is 11.6 Å². The monoisotopic (exact) mass is 114 g/mol. The maximum atomic E-state index is 8.17. The maximum Gasteiger partial charge on any atom is 0.115 e. The van der Waals surface area contributed by atoms with Gasteiger partial charge in [0.2, 0.25) is 0 Å². The van der Waals surface area contributed by atoms with Gasteiger partial charge in [0.1, 0.15) is 6.17 Å². The summed E-state index contributed by atoms with van der Waals surface area (Å²) in [5.41, 5.74) is 5.23. The molecule has 0 aliphatic rings. The summed E-state index contributed by atoms with van der Waals surface area (Å²) >= 11 is 0. The van der Waals surface area contributed by atoms with Gasteiger partial charge in [-0.25, -0.2) is 0 Å². The molecule has 0 bridgehead atoms. The fourth-order valence-electron chi connectivity index (χ4n) is 0.230. The molecule has 0 rings (SSSR count). The van der Waals surface area contributed by atoms with Crippen molar-refractivity contribution in [2.75, 3.05) is 6.61 Å². The molecule has 8 heavy (non-hydrogen) atoms. The van der Waals surface area contributed by atoms with E-state index in [4.69, 9.17) is 10.8 Å². The van der Waals surface area contributed by atoms with Gasteiger partial charge in [0.15, 0.2) is 0 Å². The van der Waals surface area contributed by atoms with E-state index in [0.29, 0.717) is 0 Å². The zero-order valence-electron chi connectivity index (χ0n) is 4.62. The summed E-state index contributed by atoms with van der Waals surface area (Å²) in [6, 6.07) is 0. The van der Waals surface area contributed by atoms with Crippen LogP contribution >= 0.6 is 0 Å². The summed E-state index contributed by atoms with van der Waals surface area (Å²) < 4.78 is 0. The molecule has 3 N–H and O–H groups in total. The second-order valence-corrected chi connectivity index (χ2v) is 1.24. The Balaban J connectivity index is 3.35. The summed E-state index contributed by atoms with van der Waals surface area (Å²) in [5, 5.41) is 8.17. The first-order valence-electron chi connectivity index (χ1n) is 2.32. The predicted molar refractivity (Wildman–Crippen MR) is 33.8 cm³/mol. The van der Waals surface area contributed by atoms with E-state index in [-0.39, 0.29) is 12.8 Å². The van der Waals surface area contributed by atoms with E-state index in [1.54, 1.807) is 0 Å². The highest BCUT2D eigenvalue weighted by atomic mass is 16.2. The minimum Gasteiger partial charge on any atom is -0.391 e. The van der Waals surface area contributed by atoms with Gasteiger partial charge >= 0.3 is 0 Å². The highest BCUT2D eigenvalue weighted by molar-refractivity contribution is 5.58. The van der Waals surface area contributed by atoms with Gasteiger partial charge in [0.25, 0.3) is 0 Å². The molecule has 0 radical (unpaired) electrons. The molecule has 0 amide bonds. The van der Waals surface area contributed by atoms with Crippen LogP contribution in [0.1, 0.15) is 0 Å². The van der Waals surface area contributed by atoms with Crippen LogP contribution in [0, 0.1) is 0 Å². The molecule has 0 aromatic carbocycles. The first kappa shape index (κ1) is 7.33. The number of nitrogens with two attached hydrogens (primary N) is 1. The van der Waals surface area contributed by atoms with Crippen molar-refractivity contribution < 1.29 is 5.11 Å². The lowest BCUT2D eigenvalue weighted by molar-refractivity contribution is 0.361. The maximum absolute atomic E-state index is 8.17. The first-order chi connectivity index (χ1) is 3.81. The van der Waals surface area contributed by atoms with Gasteiger partial charge in [-0.05, 0) is 0 Å². The Morgan fingerprint density at radius 3 is 2.88 bits per heavy atom. The second-order valence-electron chi connectivity index (χ2n) is 1.24. The van der Waals surface area contributed by atoms with Gasteiger partial charge in [0, 0.05) is 6.21 Å². The van der Waals surface area contributed by atoms with Crippen LogP contribution in [0.2, 0.25) is 0 Å². The predicted octanol–water partition coefficient (Wildman–Crippen LogP) is -0.480. The van der Waals surface area contributed by atoms with E-state index < -0.39 is 0 Å². The van der Waals surface area contributed by atoms with Gasteiger partial charge in [-0.15, -0.1) is 0 Å². The quantitative estimate of drug-likeness (QED) is 0.384. The Morgan fingerprint density at radius 2 is 2.50 bits per heavy atom.